The van der Waals surface area contributed by atoms with Crippen molar-refractivity contribution in [3.63, 3.8) is 0 Å². The molecule has 1 unspecified atom stereocenters. The predicted octanol–water partition coefficient (Wildman–Crippen LogP) is 3.14. The van der Waals surface area contributed by atoms with Gasteiger partial charge in [0.25, 0.3) is 5.91 Å². The van der Waals surface area contributed by atoms with Crippen LogP contribution in [0.4, 0.5) is 0 Å². The minimum atomic E-state index is -2.13. The maximum atomic E-state index is 14.2. The predicted molar refractivity (Wildman–Crippen MR) is 136 cm³/mol. The lowest BCUT2D eigenvalue weighted by Crippen LogP contribution is -2.67. The van der Waals surface area contributed by atoms with Gasteiger partial charge in [-0.1, -0.05) is 79.9 Å². The Labute approximate surface area is 214 Å². The fourth-order valence-corrected chi connectivity index (χ4v) is 6.56. The Hall–Kier alpha value is -2.70. The molecule has 2 aromatic rings. The third-order valence-electron chi connectivity index (χ3n) is 8.74. The molecule has 4 fully saturated rings. The summed E-state index contributed by atoms with van der Waals surface area (Å²) in [4.78, 5) is 26.5. The number of esters is 1. The minimum absolute atomic E-state index is 0.0951. The van der Waals surface area contributed by atoms with Crippen LogP contribution < -0.4 is 10.4 Å². The van der Waals surface area contributed by atoms with Crippen LogP contribution in [0.1, 0.15) is 56.1 Å². The number of hydrogen-bond donors (Lipinski definition) is 1. The van der Waals surface area contributed by atoms with Crippen LogP contribution in [-0.4, -0.2) is 55.2 Å². The van der Waals surface area contributed by atoms with E-state index in [1.807, 2.05) is 12.1 Å². The molecule has 36 heavy (non-hydrogen) atoms. The lowest BCUT2D eigenvalue weighted by Gasteiger charge is -2.52. The second kappa shape index (κ2) is 10.7. The topological polar surface area (TPSA) is 78.5 Å². The van der Waals surface area contributed by atoms with Crippen molar-refractivity contribution in [2.45, 2.75) is 56.7 Å². The summed E-state index contributed by atoms with van der Waals surface area (Å²) >= 11 is 0. The zero-order valence-electron chi connectivity index (χ0n) is 21.1. The van der Waals surface area contributed by atoms with Crippen LogP contribution in [-0.2, 0) is 19.9 Å². The molecule has 2 aromatic carbocycles. The van der Waals surface area contributed by atoms with E-state index in [1.54, 1.807) is 48.5 Å². The number of piperidine rings is 3. The highest BCUT2D eigenvalue weighted by molar-refractivity contribution is 5.85. The van der Waals surface area contributed by atoms with E-state index in [2.05, 4.69) is 5.32 Å². The first-order chi connectivity index (χ1) is 17.5. The van der Waals surface area contributed by atoms with Crippen molar-refractivity contribution < 1.29 is 23.9 Å². The van der Waals surface area contributed by atoms with E-state index in [-0.39, 0.29) is 17.9 Å². The van der Waals surface area contributed by atoms with Crippen LogP contribution in [0, 0.1) is 11.8 Å². The van der Waals surface area contributed by atoms with E-state index in [9.17, 15) is 14.7 Å². The number of carbonyl (C=O) groups is 2. The van der Waals surface area contributed by atoms with E-state index in [0.717, 1.165) is 32.5 Å². The first kappa shape index (κ1) is 25.0. The molecule has 6 rings (SSSR count). The van der Waals surface area contributed by atoms with Crippen molar-refractivity contribution in [2.75, 3.05) is 32.7 Å². The molecule has 3 aliphatic heterocycles. The summed E-state index contributed by atoms with van der Waals surface area (Å²) in [7, 11) is 0. The van der Waals surface area contributed by atoms with Gasteiger partial charge >= 0.3 is 5.97 Å². The molecule has 6 heteroatoms. The summed E-state index contributed by atoms with van der Waals surface area (Å²) < 4.78 is 6.71. The summed E-state index contributed by atoms with van der Waals surface area (Å²) in [6, 6.07) is 17.6. The highest BCUT2D eigenvalue weighted by atomic mass is 16.6. The first-order valence-corrected chi connectivity index (χ1v) is 13.6. The smallest absolute Gasteiger partial charge is 0.304 e. The molecule has 4 aliphatic rings. The van der Waals surface area contributed by atoms with Gasteiger partial charge in [0, 0.05) is 30.9 Å². The molecular weight excluding hydrogens is 452 g/mol. The van der Waals surface area contributed by atoms with Crippen LogP contribution in [0.25, 0.3) is 0 Å². The van der Waals surface area contributed by atoms with Gasteiger partial charge in [-0.3, -0.25) is 9.59 Å². The lowest BCUT2D eigenvalue weighted by atomic mass is 9.82. The van der Waals surface area contributed by atoms with E-state index >= 15 is 0 Å². The third-order valence-corrected chi connectivity index (χ3v) is 8.74. The summed E-state index contributed by atoms with van der Waals surface area (Å²) in [6.45, 7) is 3.65. The van der Waals surface area contributed by atoms with Gasteiger partial charge in [0.1, 0.15) is 6.54 Å². The minimum Gasteiger partial charge on any atom is -0.834 e. The monoisotopic (exact) mass is 490 g/mol. The highest BCUT2D eigenvalue weighted by Crippen LogP contribution is 2.37. The summed E-state index contributed by atoms with van der Waals surface area (Å²) in [5, 5.41) is 17.4. The molecule has 0 radical (unpaired) electrons. The Balaban J connectivity index is 1.27. The Morgan fingerprint density at radius 2 is 1.47 bits per heavy atom. The molecule has 6 nitrogen and oxygen atoms in total. The van der Waals surface area contributed by atoms with Crippen LogP contribution >= 0.6 is 0 Å². The molecule has 0 aromatic heterocycles. The number of rotatable bonds is 8. The number of hydrogen-bond acceptors (Lipinski definition) is 4. The van der Waals surface area contributed by atoms with E-state index < -0.39 is 11.6 Å². The average Bonchev–Trinajstić information content (AvgIpc) is 2.93. The zero-order valence-corrected chi connectivity index (χ0v) is 21.1. The van der Waals surface area contributed by atoms with Crippen molar-refractivity contribution in [3.05, 3.63) is 71.8 Å². The van der Waals surface area contributed by atoms with Crippen molar-refractivity contribution in [2.24, 2.45) is 11.8 Å². The van der Waals surface area contributed by atoms with Gasteiger partial charge < -0.3 is 19.6 Å². The number of carbonyl (C=O) groups excluding carboxylic acids is 2. The van der Waals surface area contributed by atoms with Crippen LogP contribution in [0.5, 0.6) is 0 Å². The molecule has 1 aliphatic carbocycles. The molecule has 1 N–H and O–H groups in total. The molecule has 1 amide bonds. The van der Waals surface area contributed by atoms with Crippen molar-refractivity contribution in [1.29, 1.82) is 0 Å². The number of benzene rings is 2. The number of nitrogens with zero attached hydrogens (tertiary/aromatic N) is 1. The van der Waals surface area contributed by atoms with Gasteiger partial charge in [-0.15, -0.1) is 0 Å². The van der Waals surface area contributed by atoms with Gasteiger partial charge in [0.2, 0.25) is 0 Å². The van der Waals surface area contributed by atoms with Crippen LogP contribution in [0.3, 0.4) is 0 Å². The number of quaternary nitrogens is 1. The summed E-state index contributed by atoms with van der Waals surface area (Å²) in [6.07, 6.45) is 7.74. The number of nitrogens with one attached hydrogen (secondary N) is 1. The van der Waals surface area contributed by atoms with E-state index in [4.69, 9.17) is 4.74 Å². The third kappa shape index (κ3) is 5.21. The molecule has 2 bridgehead atoms. The average molecular weight is 491 g/mol. The fourth-order valence-electron chi connectivity index (χ4n) is 6.56. The Bertz CT molecular complexity index is 988. The lowest BCUT2D eigenvalue weighted by molar-refractivity contribution is -0.939. The number of fused-ring (bicyclic) bond motifs is 3. The molecule has 0 spiro atoms. The fraction of sp³-hybridized carbons (Fsp3) is 0.533. The Kier molecular flexibility index (Phi) is 7.44. The standard InChI is InChI=1S/C30H38N2O4/c33-28(31-20-23-10-4-1-5-11-23)22-32-18-16-24(17-19-32)27(21-32)36-29(34)30(35,25-12-6-2-7-13-25)26-14-8-3-9-15-26/h2-3,6-9,12-15,23-24,27H,1,4-5,10-11,16-22H2,(H,31,33). The SMILES string of the molecule is O=C(C[N+]12CCC(CC1)C(OC(=O)C([O-])(c1ccccc1)c1ccccc1)C2)NCC1CCCCC1. The maximum Gasteiger partial charge on any atom is 0.304 e. The first-order valence-electron chi connectivity index (χ1n) is 13.6. The summed E-state index contributed by atoms with van der Waals surface area (Å²) in [5.41, 5.74) is -1.36. The molecule has 1 saturated carbocycles. The van der Waals surface area contributed by atoms with Crippen molar-refractivity contribution in [1.82, 2.24) is 5.32 Å². The second-order valence-electron chi connectivity index (χ2n) is 11.1. The molecular formula is C30H38N2O4. The van der Waals surface area contributed by atoms with Gasteiger partial charge in [0.05, 0.1) is 13.1 Å². The normalized spacial score (nSPS) is 26.4. The van der Waals surface area contributed by atoms with E-state index in [1.165, 1.54) is 32.1 Å². The van der Waals surface area contributed by atoms with Gasteiger partial charge in [-0.05, 0) is 29.9 Å². The molecule has 192 valence electrons. The van der Waals surface area contributed by atoms with Gasteiger partial charge in [0.15, 0.2) is 12.6 Å². The Morgan fingerprint density at radius 3 is 2.06 bits per heavy atom. The van der Waals surface area contributed by atoms with Gasteiger partial charge in [-0.2, -0.15) is 0 Å². The Morgan fingerprint density at radius 1 is 0.889 bits per heavy atom. The van der Waals surface area contributed by atoms with Crippen LogP contribution in [0.2, 0.25) is 0 Å². The van der Waals surface area contributed by atoms with Crippen LogP contribution in [0.15, 0.2) is 60.7 Å². The quantitative estimate of drug-likeness (QED) is 0.456. The largest absolute Gasteiger partial charge is 0.834 e. The molecule has 1 atom stereocenters. The maximum absolute atomic E-state index is 14.2. The highest BCUT2D eigenvalue weighted by Gasteiger charge is 2.49. The van der Waals surface area contributed by atoms with Gasteiger partial charge in [-0.25, -0.2) is 0 Å². The number of ether oxygens (including phenoxy) is 1. The second-order valence-corrected chi connectivity index (χ2v) is 11.1. The van der Waals surface area contributed by atoms with Crippen molar-refractivity contribution in [3.8, 4) is 0 Å². The molecule has 3 saturated heterocycles. The number of amides is 1. The summed E-state index contributed by atoms with van der Waals surface area (Å²) in [5.74, 6) is 0.191. The van der Waals surface area contributed by atoms with E-state index in [0.29, 0.717) is 34.6 Å². The molecule has 3 heterocycles. The van der Waals surface area contributed by atoms with Crippen molar-refractivity contribution >= 4 is 11.9 Å². The zero-order chi connectivity index (χ0) is 25.0.